The fourth-order valence-electron chi connectivity index (χ4n) is 1.55. The Labute approximate surface area is 94.7 Å². The molecule has 0 saturated heterocycles. The van der Waals surface area contributed by atoms with Crippen molar-refractivity contribution in [2.45, 2.75) is 32.7 Å². The molecule has 0 aliphatic heterocycles. The third-order valence-electron chi connectivity index (χ3n) is 2.71. The lowest BCUT2D eigenvalue weighted by molar-refractivity contribution is -0.137. The van der Waals surface area contributed by atoms with E-state index >= 15 is 0 Å². The molecule has 1 aromatic carbocycles. The second-order valence-electron chi connectivity index (χ2n) is 4.03. The van der Waals surface area contributed by atoms with Crippen molar-refractivity contribution in [2.75, 3.05) is 0 Å². The Morgan fingerprint density at radius 3 is 2.50 bits per heavy atom. The fourth-order valence-corrected chi connectivity index (χ4v) is 1.55. The van der Waals surface area contributed by atoms with Crippen molar-refractivity contribution >= 4 is 5.97 Å². The predicted octanol–water partition coefficient (Wildman–Crippen LogP) is 1.87. The molecule has 0 fully saturated rings. The van der Waals surface area contributed by atoms with Crippen molar-refractivity contribution in [1.29, 1.82) is 0 Å². The minimum Gasteiger partial charge on any atom is -0.508 e. The van der Waals surface area contributed by atoms with Crippen LogP contribution in [0, 0.1) is 13.8 Å². The number of hydrogen-bond donors (Lipinski definition) is 3. The summed E-state index contributed by atoms with van der Waals surface area (Å²) in [5.74, 6) is -0.736. The highest BCUT2D eigenvalue weighted by molar-refractivity contribution is 5.66. The van der Waals surface area contributed by atoms with Gasteiger partial charge in [0.15, 0.2) is 0 Å². The molecular weight excluding hydrogens is 206 g/mol. The van der Waals surface area contributed by atoms with Gasteiger partial charge in [-0.1, -0.05) is 6.07 Å². The quantitative estimate of drug-likeness (QED) is 0.727. The number of benzene rings is 1. The molecule has 1 atom stereocenters. The lowest BCUT2D eigenvalue weighted by Crippen LogP contribution is -2.12. The average Bonchev–Trinajstić information content (AvgIpc) is 2.20. The number of carbonyl (C=O) groups is 1. The van der Waals surface area contributed by atoms with Crippen molar-refractivity contribution in [3.05, 3.63) is 28.8 Å². The third kappa shape index (κ3) is 2.97. The normalized spacial score (nSPS) is 12.4. The maximum absolute atomic E-state index is 10.4. The Morgan fingerprint density at radius 2 is 1.94 bits per heavy atom. The summed E-state index contributed by atoms with van der Waals surface area (Å²) >= 11 is 0. The number of rotatable bonds is 4. The van der Waals surface area contributed by atoms with Gasteiger partial charge in [-0.25, -0.2) is 0 Å². The van der Waals surface area contributed by atoms with Crippen LogP contribution < -0.4 is 5.73 Å². The minimum absolute atomic E-state index is 0.00747. The summed E-state index contributed by atoms with van der Waals surface area (Å²) in [6.45, 7) is 3.84. The number of carboxylic acids is 1. The van der Waals surface area contributed by atoms with E-state index in [1.807, 2.05) is 19.9 Å². The zero-order valence-corrected chi connectivity index (χ0v) is 9.53. The summed E-state index contributed by atoms with van der Waals surface area (Å²) in [4.78, 5) is 10.4. The van der Waals surface area contributed by atoms with Crippen molar-refractivity contribution in [2.24, 2.45) is 5.73 Å². The van der Waals surface area contributed by atoms with Gasteiger partial charge in [0.25, 0.3) is 0 Å². The molecule has 1 unspecified atom stereocenters. The standard InChI is InChI=1S/C12H17NO3/c1-7-5-9(11(14)6-8(7)2)10(13)3-4-12(15)16/h5-6,10,14H,3-4,13H2,1-2H3,(H,15,16). The van der Waals surface area contributed by atoms with Gasteiger partial charge in [0, 0.05) is 18.0 Å². The van der Waals surface area contributed by atoms with Crippen molar-refractivity contribution in [1.82, 2.24) is 0 Å². The highest BCUT2D eigenvalue weighted by Crippen LogP contribution is 2.28. The second kappa shape index (κ2) is 4.99. The summed E-state index contributed by atoms with van der Waals surface area (Å²) in [7, 11) is 0. The summed E-state index contributed by atoms with van der Waals surface area (Å²) in [5, 5.41) is 18.3. The van der Waals surface area contributed by atoms with Crippen molar-refractivity contribution < 1.29 is 15.0 Å². The molecule has 16 heavy (non-hydrogen) atoms. The van der Waals surface area contributed by atoms with E-state index in [2.05, 4.69) is 0 Å². The summed E-state index contributed by atoms with van der Waals surface area (Å²) in [6, 6.07) is 3.04. The van der Waals surface area contributed by atoms with Crippen LogP contribution in [0.1, 0.15) is 35.6 Å². The number of phenols is 1. The number of nitrogens with two attached hydrogens (primary N) is 1. The van der Waals surface area contributed by atoms with Gasteiger partial charge in [-0.2, -0.15) is 0 Å². The Morgan fingerprint density at radius 1 is 1.38 bits per heavy atom. The average molecular weight is 223 g/mol. The molecule has 1 rings (SSSR count). The van der Waals surface area contributed by atoms with E-state index in [1.165, 1.54) is 0 Å². The molecule has 0 bridgehead atoms. The maximum atomic E-state index is 10.4. The first-order valence-electron chi connectivity index (χ1n) is 5.19. The second-order valence-corrected chi connectivity index (χ2v) is 4.03. The van der Waals surface area contributed by atoms with Gasteiger partial charge < -0.3 is 15.9 Å². The van der Waals surface area contributed by atoms with E-state index in [4.69, 9.17) is 10.8 Å². The van der Waals surface area contributed by atoms with Gasteiger partial charge >= 0.3 is 5.97 Å². The van der Waals surface area contributed by atoms with Crippen LogP contribution in [-0.4, -0.2) is 16.2 Å². The largest absolute Gasteiger partial charge is 0.508 e. The summed E-state index contributed by atoms with van der Waals surface area (Å²) < 4.78 is 0. The monoisotopic (exact) mass is 223 g/mol. The number of aliphatic carboxylic acids is 1. The molecule has 0 aliphatic rings. The van der Waals surface area contributed by atoms with Crippen molar-refractivity contribution in [3.63, 3.8) is 0 Å². The first-order valence-corrected chi connectivity index (χ1v) is 5.19. The Balaban J connectivity index is 2.86. The zero-order valence-electron chi connectivity index (χ0n) is 9.53. The molecule has 0 aliphatic carbocycles. The summed E-state index contributed by atoms with van der Waals surface area (Å²) in [6.07, 6.45) is 0.332. The number of aryl methyl sites for hydroxylation is 2. The Hall–Kier alpha value is -1.55. The smallest absolute Gasteiger partial charge is 0.303 e. The molecule has 1 aromatic rings. The van der Waals surface area contributed by atoms with E-state index in [-0.39, 0.29) is 12.2 Å². The van der Waals surface area contributed by atoms with Crippen LogP contribution in [-0.2, 0) is 4.79 Å². The zero-order chi connectivity index (χ0) is 12.3. The number of carboxylic acid groups (broad SMARTS) is 1. The van der Waals surface area contributed by atoms with Gasteiger partial charge in [-0.15, -0.1) is 0 Å². The molecule has 0 spiro atoms. The van der Waals surface area contributed by atoms with Crippen LogP contribution in [0.4, 0.5) is 0 Å². The highest BCUT2D eigenvalue weighted by atomic mass is 16.4. The van der Waals surface area contributed by atoms with Crippen LogP contribution in [0.3, 0.4) is 0 Å². The van der Waals surface area contributed by atoms with Gasteiger partial charge in [-0.05, 0) is 37.5 Å². The highest BCUT2D eigenvalue weighted by Gasteiger charge is 2.13. The summed E-state index contributed by atoms with van der Waals surface area (Å²) in [5.41, 5.74) is 8.49. The lowest BCUT2D eigenvalue weighted by atomic mass is 9.97. The van der Waals surface area contributed by atoms with Crippen molar-refractivity contribution in [3.8, 4) is 5.75 Å². The molecule has 4 nitrogen and oxygen atoms in total. The van der Waals surface area contributed by atoms with Crippen LogP contribution in [0.2, 0.25) is 0 Å². The Bertz CT molecular complexity index is 401. The first kappa shape index (κ1) is 12.5. The van der Waals surface area contributed by atoms with Crippen LogP contribution in [0.15, 0.2) is 12.1 Å². The van der Waals surface area contributed by atoms with Crippen LogP contribution in [0.5, 0.6) is 5.75 Å². The van der Waals surface area contributed by atoms with Gasteiger partial charge in [-0.3, -0.25) is 4.79 Å². The van der Waals surface area contributed by atoms with Gasteiger partial charge in [0.05, 0.1) is 0 Å². The predicted molar refractivity (Wildman–Crippen MR) is 61.4 cm³/mol. The topological polar surface area (TPSA) is 83.5 Å². The van der Waals surface area contributed by atoms with Gasteiger partial charge in [0.1, 0.15) is 5.75 Å². The molecule has 4 N–H and O–H groups in total. The van der Waals surface area contributed by atoms with E-state index in [9.17, 15) is 9.90 Å². The molecule has 88 valence electrons. The molecule has 0 amide bonds. The van der Waals surface area contributed by atoms with E-state index in [1.54, 1.807) is 6.07 Å². The number of hydrogen-bond acceptors (Lipinski definition) is 3. The lowest BCUT2D eigenvalue weighted by Gasteiger charge is -2.14. The minimum atomic E-state index is -0.876. The molecule has 0 aromatic heterocycles. The molecule has 0 heterocycles. The number of aromatic hydroxyl groups is 1. The fraction of sp³-hybridized carbons (Fsp3) is 0.417. The molecule has 0 radical (unpaired) electrons. The molecule has 0 saturated carbocycles. The van der Waals surface area contributed by atoms with E-state index in [0.29, 0.717) is 12.0 Å². The Kier molecular flexibility index (Phi) is 3.90. The molecule has 4 heteroatoms. The van der Waals surface area contributed by atoms with E-state index in [0.717, 1.165) is 11.1 Å². The van der Waals surface area contributed by atoms with Crippen LogP contribution in [0.25, 0.3) is 0 Å². The third-order valence-corrected chi connectivity index (χ3v) is 2.71. The SMILES string of the molecule is Cc1cc(O)c(C(N)CCC(=O)O)cc1C. The van der Waals surface area contributed by atoms with Gasteiger partial charge in [0.2, 0.25) is 0 Å². The van der Waals surface area contributed by atoms with E-state index < -0.39 is 12.0 Å². The number of phenolic OH excluding ortho intramolecular Hbond substituents is 1. The van der Waals surface area contributed by atoms with Crippen LogP contribution >= 0.6 is 0 Å². The first-order chi connectivity index (χ1) is 7.41. The molecular formula is C12H17NO3. The maximum Gasteiger partial charge on any atom is 0.303 e.